The molecule has 102 valence electrons. The summed E-state index contributed by atoms with van der Waals surface area (Å²) < 4.78 is 11.4. The van der Waals surface area contributed by atoms with Crippen LogP contribution in [-0.2, 0) is 15.9 Å². The van der Waals surface area contributed by atoms with Crippen molar-refractivity contribution in [3.05, 3.63) is 34.9 Å². The van der Waals surface area contributed by atoms with Gasteiger partial charge >= 0.3 is 0 Å². The van der Waals surface area contributed by atoms with E-state index < -0.39 is 0 Å². The summed E-state index contributed by atoms with van der Waals surface area (Å²) in [7, 11) is 0. The van der Waals surface area contributed by atoms with Gasteiger partial charge in [-0.15, -0.1) is 0 Å². The van der Waals surface area contributed by atoms with Crippen LogP contribution >= 0.6 is 0 Å². The molecule has 0 aliphatic heterocycles. The molecule has 0 N–H and O–H groups in total. The first-order chi connectivity index (χ1) is 8.58. The van der Waals surface area contributed by atoms with E-state index in [0.717, 1.165) is 6.42 Å². The Morgan fingerprint density at radius 2 is 1.67 bits per heavy atom. The average molecular weight is 250 g/mol. The number of aryl methyl sites for hydroxylation is 1. The summed E-state index contributed by atoms with van der Waals surface area (Å²) in [6, 6.07) is 6.52. The van der Waals surface area contributed by atoms with E-state index in [9.17, 15) is 0 Å². The Morgan fingerprint density at radius 1 is 1.06 bits per heavy atom. The van der Waals surface area contributed by atoms with Crippen molar-refractivity contribution in [3.63, 3.8) is 0 Å². The molecule has 1 rings (SSSR count). The standard InChI is InChI=1S/C16H26O2/c1-6-17-16(18-7-2)15-9-8-13(5)11-14(15)10-12(3)4/h8-9,11-12,16H,6-7,10H2,1-5H3. The smallest absolute Gasteiger partial charge is 0.184 e. The second-order valence-corrected chi connectivity index (χ2v) is 5.04. The fraction of sp³-hybridized carbons (Fsp3) is 0.625. The molecule has 0 saturated heterocycles. The lowest BCUT2D eigenvalue weighted by Gasteiger charge is -2.21. The molecule has 0 unspecified atom stereocenters. The monoisotopic (exact) mass is 250 g/mol. The van der Waals surface area contributed by atoms with E-state index in [1.165, 1.54) is 16.7 Å². The summed E-state index contributed by atoms with van der Waals surface area (Å²) in [6.07, 6.45) is 0.836. The Labute approximate surface area is 111 Å². The molecule has 1 aromatic carbocycles. The van der Waals surface area contributed by atoms with E-state index in [1.807, 2.05) is 13.8 Å². The normalized spacial score (nSPS) is 11.5. The molecule has 2 heteroatoms. The minimum atomic E-state index is -0.227. The topological polar surface area (TPSA) is 18.5 Å². The summed E-state index contributed by atoms with van der Waals surface area (Å²) in [5.74, 6) is 0.634. The van der Waals surface area contributed by atoms with Crippen LogP contribution in [-0.4, -0.2) is 13.2 Å². The van der Waals surface area contributed by atoms with Crippen molar-refractivity contribution in [1.29, 1.82) is 0 Å². The maximum absolute atomic E-state index is 5.71. The van der Waals surface area contributed by atoms with Crippen LogP contribution in [0, 0.1) is 12.8 Å². The Bertz CT molecular complexity index is 352. The van der Waals surface area contributed by atoms with Crippen molar-refractivity contribution in [2.24, 2.45) is 5.92 Å². The summed E-state index contributed by atoms with van der Waals surface area (Å²) in [5.41, 5.74) is 3.82. The van der Waals surface area contributed by atoms with Gasteiger partial charge in [0, 0.05) is 18.8 Å². The number of benzene rings is 1. The van der Waals surface area contributed by atoms with Gasteiger partial charge in [0.15, 0.2) is 6.29 Å². The molecule has 0 saturated carbocycles. The first-order valence-corrected chi connectivity index (χ1v) is 6.91. The largest absolute Gasteiger partial charge is 0.349 e. The van der Waals surface area contributed by atoms with E-state index >= 15 is 0 Å². The highest BCUT2D eigenvalue weighted by Crippen LogP contribution is 2.26. The van der Waals surface area contributed by atoms with E-state index in [0.29, 0.717) is 19.1 Å². The summed E-state index contributed by atoms with van der Waals surface area (Å²) in [4.78, 5) is 0. The van der Waals surface area contributed by atoms with Gasteiger partial charge in [0.25, 0.3) is 0 Å². The Hall–Kier alpha value is -0.860. The van der Waals surface area contributed by atoms with E-state index in [1.54, 1.807) is 0 Å². The highest BCUT2D eigenvalue weighted by atomic mass is 16.7. The molecule has 0 aliphatic rings. The van der Waals surface area contributed by atoms with Crippen molar-refractivity contribution in [3.8, 4) is 0 Å². The second kappa shape index (κ2) is 7.55. The minimum absolute atomic E-state index is 0.227. The van der Waals surface area contributed by atoms with Crippen LogP contribution in [0.3, 0.4) is 0 Å². The van der Waals surface area contributed by atoms with Crippen LogP contribution in [0.4, 0.5) is 0 Å². The molecule has 1 aromatic rings. The molecule has 0 aromatic heterocycles. The summed E-state index contributed by atoms with van der Waals surface area (Å²) in [6.45, 7) is 11.9. The minimum Gasteiger partial charge on any atom is -0.349 e. The van der Waals surface area contributed by atoms with Gasteiger partial charge in [-0.3, -0.25) is 0 Å². The van der Waals surface area contributed by atoms with E-state index in [-0.39, 0.29) is 6.29 Å². The maximum Gasteiger partial charge on any atom is 0.184 e. The molecule has 2 nitrogen and oxygen atoms in total. The molecule has 0 bridgehead atoms. The van der Waals surface area contributed by atoms with Crippen LogP contribution in [0.15, 0.2) is 18.2 Å². The van der Waals surface area contributed by atoms with Gasteiger partial charge in [-0.2, -0.15) is 0 Å². The molecule has 0 atom stereocenters. The molecule has 0 amide bonds. The molecule has 0 heterocycles. The lowest BCUT2D eigenvalue weighted by Crippen LogP contribution is -2.12. The summed E-state index contributed by atoms with van der Waals surface area (Å²) in [5, 5.41) is 0. The predicted molar refractivity (Wildman–Crippen MR) is 75.7 cm³/mol. The van der Waals surface area contributed by atoms with Crippen molar-refractivity contribution < 1.29 is 9.47 Å². The SMILES string of the molecule is CCOC(OCC)c1ccc(C)cc1CC(C)C. The van der Waals surface area contributed by atoms with Crippen molar-refractivity contribution >= 4 is 0 Å². The Kier molecular flexibility index (Phi) is 6.37. The third kappa shape index (κ3) is 4.43. The highest BCUT2D eigenvalue weighted by Gasteiger charge is 2.16. The lowest BCUT2D eigenvalue weighted by molar-refractivity contribution is -0.140. The highest BCUT2D eigenvalue weighted by molar-refractivity contribution is 5.33. The lowest BCUT2D eigenvalue weighted by atomic mass is 9.96. The van der Waals surface area contributed by atoms with E-state index in [4.69, 9.17) is 9.47 Å². The van der Waals surface area contributed by atoms with Crippen molar-refractivity contribution in [2.75, 3.05) is 13.2 Å². The first-order valence-electron chi connectivity index (χ1n) is 6.91. The number of hydrogen-bond donors (Lipinski definition) is 0. The molecular weight excluding hydrogens is 224 g/mol. The van der Waals surface area contributed by atoms with Gasteiger partial charge in [0.1, 0.15) is 0 Å². The number of ether oxygens (including phenoxy) is 2. The Balaban J connectivity index is 3.02. The van der Waals surface area contributed by atoms with Crippen molar-refractivity contribution in [1.82, 2.24) is 0 Å². The Morgan fingerprint density at radius 3 is 2.17 bits per heavy atom. The van der Waals surface area contributed by atoms with Crippen LogP contribution < -0.4 is 0 Å². The zero-order valence-corrected chi connectivity index (χ0v) is 12.3. The fourth-order valence-electron chi connectivity index (χ4n) is 2.11. The molecular formula is C16H26O2. The quantitative estimate of drug-likeness (QED) is 0.673. The van der Waals surface area contributed by atoms with Gasteiger partial charge in [0.05, 0.1) is 0 Å². The van der Waals surface area contributed by atoms with Gasteiger partial charge in [-0.05, 0) is 38.7 Å². The van der Waals surface area contributed by atoms with Crippen LogP contribution in [0.2, 0.25) is 0 Å². The second-order valence-electron chi connectivity index (χ2n) is 5.04. The first kappa shape index (κ1) is 15.2. The van der Waals surface area contributed by atoms with Gasteiger partial charge < -0.3 is 9.47 Å². The van der Waals surface area contributed by atoms with Gasteiger partial charge in [-0.25, -0.2) is 0 Å². The zero-order valence-electron chi connectivity index (χ0n) is 12.3. The maximum atomic E-state index is 5.71. The molecule has 0 spiro atoms. The van der Waals surface area contributed by atoms with Crippen LogP contribution in [0.1, 0.15) is 50.7 Å². The van der Waals surface area contributed by atoms with Crippen LogP contribution in [0.5, 0.6) is 0 Å². The third-order valence-corrected chi connectivity index (χ3v) is 2.82. The van der Waals surface area contributed by atoms with Crippen molar-refractivity contribution in [2.45, 2.75) is 47.3 Å². The van der Waals surface area contributed by atoms with Gasteiger partial charge in [0.2, 0.25) is 0 Å². The average Bonchev–Trinajstić information content (AvgIpc) is 2.28. The third-order valence-electron chi connectivity index (χ3n) is 2.82. The predicted octanol–water partition coefficient (Wildman–Crippen LogP) is 4.27. The zero-order chi connectivity index (χ0) is 13.5. The molecule has 0 radical (unpaired) electrons. The van der Waals surface area contributed by atoms with Gasteiger partial charge in [-0.1, -0.05) is 37.6 Å². The molecule has 18 heavy (non-hydrogen) atoms. The number of rotatable bonds is 7. The molecule has 0 fully saturated rings. The fourth-order valence-corrected chi connectivity index (χ4v) is 2.11. The number of hydrogen-bond acceptors (Lipinski definition) is 2. The van der Waals surface area contributed by atoms with Crippen LogP contribution in [0.25, 0.3) is 0 Å². The van der Waals surface area contributed by atoms with E-state index in [2.05, 4.69) is 39.0 Å². The summed E-state index contributed by atoms with van der Waals surface area (Å²) >= 11 is 0. The molecule has 0 aliphatic carbocycles.